The number of carbonyl (C=O) groups excluding carboxylic acids is 4. The normalized spacial score (nSPS) is 36.9. The van der Waals surface area contributed by atoms with Crippen LogP contribution in [0.4, 0.5) is 0 Å². The number of fused-ring (bicyclic) bond motifs is 3. The number of allylic oxidation sites excluding steroid dienone is 1. The van der Waals surface area contributed by atoms with Crippen LogP contribution in [-0.4, -0.2) is 77.1 Å². The quantitative estimate of drug-likeness (QED) is 0.193. The number of alkyl halides is 1. The van der Waals surface area contributed by atoms with Gasteiger partial charge in [-0.05, 0) is 33.6 Å². The molecule has 1 N–H and O–H groups in total. The van der Waals surface area contributed by atoms with Gasteiger partial charge in [-0.2, -0.15) is 0 Å². The van der Waals surface area contributed by atoms with Gasteiger partial charge in [-0.15, -0.1) is 11.6 Å². The molecule has 0 spiro atoms. The van der Waals surface area contributed by atoms with E-state index in [4.69, 9.17) is 35.3 Å². The summed E-state index contributed by atoms with van der Waals surface area (Å²) in [6, 6.07) is 0. The molecule has 3 aliphatic rings. The molecular weight excluding hydrogens is 472 g/mol. The molecule has 2 saturated heterocycles. The van der Waals surface area contributed by atoms with Gasteiger partial charge < -0.3 is 28.8 Å². The third-order valence-corrected chi connectivity index (χ3v) is 7.03. The lowest BCUT2D eigenvalue weighted by Gasteiger charge is -2.35. The van der Waals surface area contributed by atoms with E-state index in [-0.39, 0.29) is 11.1 Å². The highest BCUT2D eigenvalue weighted by Gasteiger charge is 2.65. The third-order valence-electron chi connectivity index (χ3n) is 6.61. The fourth-order valence-electron chi connectivity index (χ4n) is 4.28. The molecule has 1 aliphatic carbocycles. The number of rotatable bonds is 5. The maximum atomic E-state index is 13.0. The van der Waals surface area contributed by atoms with E-state index < -0.39 is 70.8 Å². The second-order valence-corrected chi connectivity index (χ2v) is 9.78. The number of hydrogen-bond acceptors (Lipinski definition) is 10. The van der Waals surface area contributed by atoms with Crippen molar-refractivity contribution in [3.05, 3.63) is 23.8 Å². The molecular formula is C23H29ClO10. The Balaban J connectivity index is 2.18. The molecule has 0 amide bonds. The third kappa shape index (κ3) is 4.71. The molecule has 0 radical (unpaired) electrons. The highest BCUT2D eigenvalue weighted by Crippen LogP contribution is 2.50. The number of hydrogen-bond donors (Lipinski definition) is 1. The van der Waals surface area contributed by atoms with Crippen LogP contribution in [0.2, 0.25) is 0 Å². The number of carbonyl (C=O) groups is 4. The molecule has 188 valence electrons. The first-order chi connectivity index (χ1) is 15.7. The molecule has 0 saturated carbocycles. The van der Waals surface area contributed by atoms with Crippen molar-refractivity contribution in [3.8, 4) is 0 Å². The van der Waals surface area contributed by atoms with Gasteiger partial charge in [-0.1, -0.05) is 12.7 Å². The lowest BCUT2D eigenvalue weighted by atomic mass is 9.80. The summed E-state index contributed by atoms with van der Waals surface area (Å²) in [5.41, 5.74) is -2.95. The van der Waals surface area contributed by atoms with Gasteiger partial charge in [0.2, 0.25) is 0 Å². The number of aliphatic hydroxyl groups is 1. The first-order valence-electron chi connectivity index (χ1n) is 10.8. The highest BCUT2D eigenvalue weighted by atomic mass is 35.5. The van der Waals surface area contributed by atoms with Crippen LogP contribution < -0.4 is 0 Å². The maximum Gasteiger partial charge on any atom is 0.339 e. The van der Waals surface area contributed by atoms with Crippen molar-refractivity contribution in [2.75, 3.05) is 7.11 Å². The average Bonchev–Trinajstić information content (AvgIpc) is 3.34. The molecule has 0 unspecified atom stereocenters. The van der Waals surface area contributed by atoms with Crippen molar-refractivity contribution in [1.29, 1.82) is 0 Å². The molecule has 2 fully saturated rings. The fraction of sp³-hybridized carbons (Fsp3) is 0.652. The number of methoxy groups -OCH3 is 1. The van der Waals surface area contributed by atoms with Crippen molar-refractivity contribution in [3.63, 3.8) is 0 Å². The molecule has 34 heavy (non-hydrogen) atoms. The maximum absolute atomic E-state index is 13.0. The van der Waals surface area contributed by atoms with Crippen LogP contribution in [-0.2, 0) is 42.9 Å². The summed E-state index contributed by atoms with van der Waals surface area (Å²) >= 11 is 5.98. The second-order valence-electron chi connectivity index (χ2n) is 9.13. The molecule has 11 heteroatoms. The molecule has 2 heterocycles. The number of esters is 4. The molecule has 2 aliphatic heterocycles. The molecule has 0 aromatic carbocycles. The molecule has 0 aromatic heterocycles. The van der Waals surface area contributed by atoms with Crippen LogP contribution in [0.3, 0.4) is 0 Å². The van der Waals surface area contributed by atoms with Gasteiger partial charge in [0.1, 0.15) is 12.2 Å². The van der Waals surface area contributed by atoms with Crippen molar-refractivity contribution in [2.45, 2.75) is 81.5 Å². The Morgan fingerprint density at radius 3 is 2.56 bits per heavy atom. The van der Waals surface area contributed by atoms with Gasteiger partial charge in [-0.25, -0.2) is 14.4 Å². The minimum atomic E-state index is -2.14. The van der Waals surface area contributed by atoms with Crippen LogP contribution in [0.25, 0.3) is 0 Å². The Hall–Kier alpha value is -2.43. The van der Waals surface area contributed by atoms with E-state index in [9.17, 15) is 24.3 Å². The Kier molecular flexibility index (Phi) is 7.17. The van der Waals surface area contributed by atoms with E-state index in [0.29, 0.717) is 12.8 Å². The summed E-state index contributed by atoms with van der Waals surface area (Å²) in [6.07, 6.45) is -2.12. The largest absolute Gasteiger partial charge is 0.466 e. The number of halogens is 1. The topological polar surface area (TPSA) is 138 Å². The Morgan fingerprint density at radius 2 is 2.00 bits per heavy atom. The van der Waals surface area contributed by atoms with E-state index in [0.717, 1.165) is 21.0 Å². The van der Waals surface area contributed by atoms with E-state index in [1.807, 2.05) is 6.92 Å². The zero-order chi connectivity index (χ0) is 25.6. The molecule has 3 rings (SSSR count). The standard InChI is InChI=1S/C23H29ClO10/c1-10-14-16(33-21(28)23(5,29)11(2)24)15(31-12(3)25)13(20(27)30-6)8-7-9-22(4)18(34-22)17(14)32-19(10)26/h8,11,14-18,29H,1,7,9H2,2-6H3/b13-8+/t11-,14-,15+,16-,17+,18-,22-,23+/m1/s1. The van der Waals surface area contributed by atoms with Gasteiger partial charge >= 0.3 is 23.9 Å². The Morgan fingerprint density at radius 1 is 1.35 bits per heavy atom. The van der Waals surface area contributed by atoms with Crippen LogP contribution in [0.15, 0.2) is 23.8 Å². The monoisotopic (exact) mass is 500 g/mol. The van der Waals surface area contributed by atoms with Crippen molar-refractivity contribution in [2.24, 2.45) is 5.92 Å². The number of ether oxygens (including phenoxy) is 5. The summed E-state index contributed by atoms with van der Waals surface area (Å²) in [6.45, 7) is 9.30. The van der Waals surface area contributed by atoms with Gasteiger partial charge in [0.05, 0.1) is 29.6 Å². The first-order valence-corrected chi connectivity index (χ1v) is 11.3. The predicted octanol–water partition coefficient (Wildman–Crippen LogP) is 1.36. The van der Waals surface area contributed by atoms with Crippen LogP contribution >= 0.6 is 11.6 Å². The Bertz CT molecular complexity index is 938. The van der Waals surface area contributed by atoms with Crippen molar-refractivity contribution in [1.82, 2.24) is 0 Å². The molecule has 0 aromatic rings. The highest BCUT2D eigenvalue weighted by molar-refractivity contribution is 6.22. The van der Waals surface area contributed by atoms with Gasteiger partial charge in [0, 0.05) is 12.5 Å². The smallest absolute Gasteiger partial charge is 0.339 e. The van der Waals surface area contributed by atoms with E-state index in [2.05, 4.69) is 6.58 Å². The SMILES string of the molecule is C=C1C(=O)O[C@H]2[C@H]1[C@@H](OC(=O)[C@@](C)(O)[C@@H](C)Cl)[C@@H](OC(C)=O)/C(C(=O)OC)=C\CC[C@@]1(C)O[C@H]21. The fourth-order valence-corrected chi connectivity index (χ4v) is 4.37. The van der Waals surface area contributed by atoms with Crippen LogP contribution in [0, 0.1) is 5.92 Å². The van der Waals surface area contributed by atoms with Gasteiger partial charge in [-0.3, -0.25) is 4.79 Å². The molecule has 0 bridgehead atoms. The lowest BCUT2D eigenvalue weighted by Crippen LogP contribution is -2.52. The lowest BCUT2D eigenvalue weighted by molar-refractivity contribution is -0.184. The van der Waals surface area contributed by atoms with Crippen LogP contribution in [0.1, 0.15) is 40.5 Å². The zero-order valence-corrected chi connectivity index (χ0v) is 20.4. The first kappa shape index (κ1) is 26.2. The van der Waals surface area contributed by atoms with Crippen molar-refractivity contribution < 1.29 is 48.0 Å². The van der Waals surface area contributed by atoms with Gasteiger partial charge in [0.15, 0.2) is 17.8 Å². The summed E-state index contributed by atoms with van der Waals surface area (Å²) in [5, 5.41) is 9.54. The minimum Gasteiger partial charge on any atom is -0.466 e. The van der Waals surface area contributed by atoms with E-state index >= 15 is 0 Å². The zero-order valence-electron chi connectivity index (χ0n) is 19.7. The van der Waals surface area contributed by atoms with E-state index in [1.54, 1.807) is 0 Å². The Labute approximate surface area is 202 Å². The average molecular weight is 501 g/mol. The van der Waals surface area contributed by atoms with Gasteiger partial charge in [0.25, 0.3) is 0 Å². The van der Waals surface area contributed by atoms with E-state index in [1.165, 1.54) is 13.0 Å². The molecule has 8 atom stereocenters. The predicted molar refractivity (Wildman–Crippen MR) is 116 cm³/mol. The van der Waals surface area contributed by atoms with Crippen LogP contribution in [0.5, 0.6) is 0 Å². The second kappa shape index (κ2) is 9.31. The summed E-state index contributed by atoms with van der Waals surface area (Å²) in [5.74, 6) is -4.55. The minimum absolute atomic E-state index is 0.0545. The summed E-state index contributed by atoms with van der Waals surface area (Å²) < 4.78 is 27.4. The molecule has 10 nitrogen and oxygen atoms in total. The van der Waals surface area contributed by atoms with Crippen molar-refractivity contribution >= 4 is 35.5 Å². The summed E-state index contributed by atoms with van der Waals surface area (Å²) in [4.78, 5) is 50.3. The number of epoxide rings is 1. The summed E-state index contributed by atoms with van der Waals surface area (Å²) in [7, 11) is 1.15.